The average molecular weight is 321 g/mol. The molecule has 0 unspecified atom stereocenters. The van der Waals surface area contributed by atoms with Crippen molar-refractivity contribution < 1.29 is 19.1 Å². The summed E-state index contributed by atoms with van der Waals surface area (Å²) in [5, 5.41) is -0.225. The highest BCUT2D eigenvalue weighted by atomic mass is 32.2. The van der Waals surface area contributed by atoms with Gasteiger partial charge in [-0.05, 0) is 35.9 Å². The van der Waals surface area contributed by atoms with E-state index in [-0.39, 0.29) is 17.1 Å². The Morgan fingerprint density at radius 3 is 2.55 bits per heavy atom. The quantitative estimate of drug-likeness (QED) is 0.778. The molecular weight excluding hydrogens is 302 g/mol. The maximum absolute atomic E-state index is 12.3. The Kier molecular flexibility index (Phi) is 5.13. The third-order valence-electron chi connectivity index (χ3n) is 3.15. The lowest BCUT2D eigenvalue weighted by Crippen LogP contribution is -2.31. The zero-order valence-corrected chi connectivity index (χ0v) is 13.9. The first kappa shape index (κ1) is 16.4. The summed E-state index contributed by atoms with van der Waals surface area (Å²) >= 11 is 0.959. The maximum Gasteiger partial charge on any atom is 0.293 e. The number of imide groups is 1. The summed E-state index contributed by atoms with van der Waals surface area (Å²) in [7, 11) is 3.13. The molecule has 1 aliphatic heterocycles. The van der Waals surface area contributed by atoms with Crippen molar-refractivity contribution >= 4 is 29.0 Å². The first-order valence-corrected chi connectivity index (χ1v) is 7.75. The van der Waals surface area contributed by atoms with Crippen LogP contribution >= 0.6 is 11.8 Å². The van der Waals surface area contributed by atoms with Crippen molar-refractivity contribution in [1.82, 2.24) is 4.90 Å². The number of nitrogens with zero attached hydrogens (tertiary/aromatic N) is 1. The second kappa shape index (κ2) is 6.87. The van der Waals surface area contributed by atoms with Gasteiger partial charge in [-0.2, -0.15) is 0 Å². The van der Waals surface area contributed by atoms with Crippen LogP contribution < -0.4 is 9.47 Å². The van der Waals surface area contributed by atoms with Crippen LogP contribution in [-0.2, 0) is 4.79 Å². The van der Waals surface area contributed by atoms with Gasteiger partial charge in [0.2, 0.25) is 0 Å². The van der Waals surface area contributed by atoms with Crippen LogP contribution in [0.1, 0.15) is 19.4 Å². The lowest BCUT2D eigenvalue weighted by atomic mass is 10.1. The Morgan fingerprint density at radius 2 is 1.95 bits per heavy atom. The predicted molar refractivity (Wildman–Crippen MR) is 87.1 cm³/mol. The third kappa shape index (κ3) is 3.44. The largest absolute Gasteiger partial charge is 0.497 e. The van der Waals surface area contributed by atoms with Gasteiger partial charge < -0.3 is 9.47 Å². The fourth-order valence-electron chi connectivity index (χ4n) is 2.10. The van der Waals surface area contributed by atoms with Gasteiger partial charge in [-0.25, -0.2) is 0 Å². The van der Waals surface area contributed by atoms with E-state index in [1.807, 2.05) is 13.8 Å². The molecule has 0 saturated carbocycles. The number of benzene rings is 1. The smallest absolute Gasteiger partial charge is 0.293 e. The molecule has 2 amide bonds. The van der Waals surface area contributed by atoms with Crippen molar-refractivity contribution in [2.45, 2.75) is 13.8 Å². The van der Waals surface area contributed by atoms with Crippen LogP contribution in [0.25, 0.3) is 6.08 Å². The molecule has 0 N–H and O–H groups in total. The van der Waals surface area contributed by atoms with Gasteiger partial charge in [0.05, 0.1) is 19.1 Å². The molecule has 1 heterocycles. The van der Waals surface area contributed by atoms with Crippen LogP contribution in [0.5, 0.6) is 11.5 Å². The van der Waals surface area contributed by atoms with Crippen LogP contribution in [0, 0.1) is 5.92 Å². The molecule has 2 rings (SSSR count). The first-order valence-electron chi connectivity index (χ1n) is 6.93. The molecule has 0 spiro atoms. The Balaban J connectivity index is 2.30. The zero-order chi connectivity index (χ0) is 16.3. The molecule has 5 nitrogen and oxygen atoms in total. The van der Waals surface area contributed by atoms with E-state index in [1.54, 1.807) is 38.5 Å². The molecule has 1 aromatic carbocycles. The van der Waals surface area contributed by atoms with Crippen molar-refractivity contribution in [2.75, 3.05) is 20.8 Å². The minimum absolute atomic E-state index is 0.225. The van der Waals surface area contributed by atoms with E-state index in [4.69, 9.17) is 9.47 Å². The Bertz CT molecular complexity index is 625. The van der Waals surface area contributed by atoms with Gasteiger partial charge in [0, 0.05) is 18.2 Å². The van der Waals surface area contributed by atoms with Gasteiger partial charge in [0.1, 0.15) is 11.5 Å². The monoisotopic (exact) mass is 321 g/mol. The first-order chi connectivity index (χ1) is 10.5. The van der Waals surface area contributed by atoms with Crippen molar-refractivity contribution in [2.24, 2.45) is 5.92 Å². The predicted octanol–water partition coefficient (Wildman–Crippen LogP) is 3.40. The SMILES string of the molecule is COc1ccc(/C=C2\SC(=O)N(CC(C)C)C2=O)c(OC)c1. The second-order valence-corrected chi connectivity index (χ2v) is 6.29. The van der Waals surface area contributed by atoms with Gasteiger partial charge in [0.25, 0.3) is 11.1 Å². The van der Waals surface area contributed by atoms with Crippen molar-refractivity contribution in [1.29, 1.82) is 0 Å². The average Bonchev–Trinajstić information content (AvgIpc) is 2.75. The maximum atomic E-state index is 12.3. The molecule has 0 bridgehead atoms. The molecule has 1 aromatic rings. The Morgan fingerprint density at radius 1 is 1.23 bits per heavy atom. The summed E-state index contributed by atoms with van der Waals surface area (Å²) in [5.74, 6) is 1.25. The van der Waals surface area contributed by atoms with Crippen LogP contribution in [0.4, 0.5) is 4.79 Å². The van der Waals surface area contributed by atoms with E-state index in [0.717, 1.165) is 17.3 Å². The van der Waals surface area contributed by atoms with E-state index in [0.29, 0.717) is 22.9 Å². The number of carbonyl (C=O) groups excluding carboxylic acids is 2. The topological polar surface area (TPSA) is 55.8 Å². The lowest BCUT2D eigenvalue weighted by Gasteiger charge is -2.14. The second-order valence-electron chi connectivity index (χ2n) is 5.29. The summed E-state index contributed by atoms with van der Waals surface area (Å²) in [4.78, 5) is 26.0. The number of methoxy groups -OCH3 is 2. The van der Waals surface area contributed by atoms with Gasteiger partial charge in [0.15, 0.2) is 0 Å². The summed E-state index contributed by atoms with van der Waals surface area (Å²) in [6.45, 7) is 4.38. The van der Waals surface area contributed by atoms with Gasteiger partial charge >= 0.3 is 0 Å². The minimum atomic E-state index is -0.249. The zero-order valence-electron chi connectivity index (χ0n) is 13.1. The molecule has 1 aliphatic rings. The number of hydrogen-bond donors (Lipinski definition) is 0. The molecule has 1 fully saturated rings. The Labute approximate surface area is 134 Å². The molecular formula is C16H19NO4S. The highest BCUT2D eigenvalue weighted by Gasteiger charge is 2.35. The van der Waals surface area contributed by atoms with Crippen molar-refractivity contribution in [3.8, 4) is 11.5 Å². The fraction of sp³-hybridized carbons (Fsp3) is 0.375. The minimum Gasteiger partial charge on any atom is -0.497 e. The number of ether oxygens (including phenoxy) is 2. The summed E-state index contributed by atoms with van der Waals surface area (Å²) in [5.41, 5.74) is 0.735. The van der Waals surface area contributed by atoms with Crippen molar-refractivity contribution in [3.05, 3.63) is 28.7 Å². The molecule has 0 aliphatic carbocycles. The summed E-state index contributed by atoms with van der Waals surface area (Å²) in [6.07, 6.45) is 1.68. The highest BCUT2D eigenvalue weighted by molar-refractivity contribution is 8.18. The van der Waals surface area contributed by atoms with E-state index >= 15 is 0 Å². The summed E-state index contributed by atoms with van der Waals surface area (Å²) in [6, 6.07) is 5.32. The molecule has 0 atom stereocenters. The summed E-state index contributed by atoms with van der Waals surface area (Å²) < 4.78 is 10.5. The van der Waals surface area contributed by atoms with E-state index in [1.165, 1.54) is 4.90 Å². The van der Waals surface area contributed by atoms with E-state index < -0.39 is 0 Å². The van der Waals surface area contributed by atoms with Crippen LogP contribution in [0.3, 0.4) is 0 Å². The number of thioether (sulfide) groups is 1. The highest BCUT2D eigenvalue weighted by Crippen LogP contribution is 2.35. The number of carbonyl (C=O) groups is 2. The molecule has 22 heavy (non-hydrogen) atoms. The van der Waals surface area contributed by atoms with E-state index in [9.17, 15) is 9.59 Å². The van der Waals surface area contributed by atoms with Gasteiger partial charge in [-0.1, -0.05) is 13.8 Å². The number of rotatable bonds is 5. The molecule has 0 radical (unpaired) electrons. The van der Waals surface area contributed by atoms with Gasteiger partial charge in [-0.15, -0.1) is 0 Å². The third-order valence-corrected chi connectivity index (χ3v) is 4.06. The molecule has 1 saturated heterocycles. The molecule has 118 valence electrons. The van der Waals surface area contributed by atoms with Crippen LogP contribution in [0.15, 0.2) is 23.1 Å². The fourth-order valence-corrected chi connectivity index (χ4v) is 2.94. The van der Waals surface area contributed by atoms with Gasteiger partial charge in [-0.3, -0.25) is 14.5 Å². The Hall–Kier alpha value is -1.95. The van der Waals surface area contributed by atoms with E-state index in [2.05, 4.69) is 0 Å². The van der Waals surface area contributed by atoms with Crippen molar-refractivity contribution in [3.63, 3.8) is 0 Å². The standard InChI is InChI=1S/C16H19NO4S/c1-10(2)9-17-15(18)14(22-16(17)19)7-11-5-6-12(20-3)8-13(11)21-4/h5-8,10H,9H2,1-4H3/b14-7-. The molecule has 0 aromatic heterocycles. The number of hydrogen-bond acceptors (Lipinski definition) is 5. The number of amides is 2. The normalized spacial score (nSPS) is 16.8. The lowest BCUT2D eigenvalue weighted by molar-refractivity contribution is -0.123. The molecule has 6 heteroatoms. The van der Waals surface area contributed by atoms with Crippen LogP contribution in [0.2, 0.25) is 0 Å². The van der Waals surface area contributed by atoms with Crippen LogP contribution in [-0.4, -0.2) is 36.8 Å².